The number of hydrogen-bond donors (Lipinski definition) is 1. The van der Waals surface area contributed by atoms with Crippen molar-refractivity contribution in [3.63, 3.8) is 0 Å². The van der Waals surface area contributed by atoms with Crippen LogP contribution in [0.4, 0.5) is 5.13 Å². The van der Waals surface area contributed by atoms with Gasteiger partial charge in [0, 0.05) is 19.0 Å². The van der Waals surface area contributed by atoms with Crippen molar-refractivity contribution in [3.05, 3.63) is 60.2 Å². The molecule has 1 aliphatic heterocycles. The van der Waals surface area contributed by atoms with Crippen molar-refractivity contribution >= 4 is 42.6 Å². The third kappa shape index (κ3) is 3.89. The number of aromatic nitrogens is 4. The van der Waals surface area contributed by atoms with Gasteiger partial charge in [-0.2, -0.15) is 4.31 Å². The minimum atomic E-state index is -3.52. The van der Waals surface area contributed by atoms with Crippen LogP contribution in [0.15, 0.2) is 53.4 Å². The molecule has 0 atom stereocenters. The van der Waals surface area contributed by atoms with Crippen LogP contribution in [0.1, 0.15) is 48.0 Å². The Morgan fingerprint density at radius 2 is 1.79 bits per heavy atom. The van der Waals surface area contributed by atoms with E-state index in [1.54, 1.807) is 22.9 Å². The summed E-state index contributed by atoms with van der Waals surface area (Å²) in [6, 6.07) is 14.5. The Morgan fingerprint density at radius 3 is 2.53 bits per heavy atom. The fraction of sp³-hybridized carbons (Fsp3) is 0.304. The van der Waals surface area contributed by atoms with Crippen LogP contribution in [0.25, 0.3) is 15.9 Å². The van der Waals surface area contributed by atoms with Crippen LogP contribution < -0.4 is 5.32 Å². The first kappa shape index (κ1) is 21.4. The molecule has 2 aromatic carbocycles. The Hall–Kier alpha value is -3.15. The van der Waals surface area contributed by atoms with Gasteiger partial charge in [-0.05, 0) is 56.0 Å². The fourth-order valence-electron chi connectivity index (χ4n) is 4.13. The molecule has 0 bridgehead atoms. The van der Waals surface area contributed by atoms with Crippen LogP contribution in [0.2, 0.25) is 0 Å². The van der Waals surface area contributed by atoms with Crippen LogP contribution >= 0.6 is 11.3 Å². The smallest absolute Gasteiger partial charge is 0.295 e. The summed E-state index contributed by atoms with van der Waals surface area (Å²) in [4.78, 5) is 22.2. The fourth-order valence-corrected chi connectivity index (χ4v) is 6.65. The zero-order valence-electron chi connectivity index (χ0n) is 18.2. The summed E-state index contributed by atoms with van der Waals surface area (Å²) in [5, 5.41) is 7.63. The van der Waals surface area contributed by atoms with Crippen LogP contribution in [0.5, 0.6) is 0 Å². The minimum Gasteiger partial charge on any atom is -0.295 e. The lowest BCUT2D eigenvalue weighted by Gasteiger charge is -2.15. The van der Waals surface area contributed by atoms with E-state index >= 15 is 0 Å². The van der Waals surface area contributed by atoms with Gasteiger partial charge >= 0.3 is 0 Å². The molecule has 0 radical (unpaired) electrons. The second-order valence-electron chi connectivity index (χ2n) is 8.53. The van der Waals surface area contributed by atoms with Crippen molar-refractivity contribution in [2.75, 3.05) is 18.4 Å². The number of sulfonamides is 1. The molecule has 6 rings (SSSR count). The van der Waals surface area contributed by atoms with E-state index in [1.807, 2.05) is 30.3 Å². The molecule has 11 heteroatoms. The maximum atomic E-state index is 12.9. The topological polar surface area (TPSA) is 110 Å². The first-order valence-electron chi connectivity index (χ1n) is 11.2. The molecule has 34 heavy (non-hydrogen) atoms. The predicted octanol–water partition coefficient (Wildman–Crippen LogP) is 3.79. The van der Waals surface area contributed by atoms with E-state index < -0.39 is 15.9 Å². The van der Waals surface area contributed by atoms with Gasteiger partial charge in [0.2, 0.25) is 15.8 Å². The SMILES string of the molecule is O=C(Nc1nc2ccc(S(=O)(=O)N3CCCC3)cc2s1)c1nc(C2CC2)n(-c2ccccc2)n1. The number of hydrogen-bond acceptors (Lipinski definition) is 7. The van der Waals surface area contributed by atoms with Gasteiger partial charge in [0.15, 0.2) is 5.13 Å². The molecule has 4 aromatic rings. The molecule has 0 unspecified atom stereocenters. The molecule has 1 saturated carbocycles. The molecule has 2 aromatic heterocycles. The second-order valence-corrected chi connectivity index (χ2v) is 11.5. The third-order valence-corrected chi connectivity index (χ3v) is 8.89. The van der Waals surface area contributed by atoms with Crippen LogP contribution in [0.3, 0.4) is 0 Å². The number of thiazole rings is 1. The lowest BCUT2D eigenvalue weighted by Crippen LogP contribution is -2.27. The molecule has 174 valence electrons. The van der Waals surface area contributed by atoms with Crippen molar-refractivity contribution in [2.45, 2.75) is 36.5 Å². The first-order valence-corrected chi connectivity index (χ1v) is 13.5. The van der Waals surface area contributed by atoms with Gasteiger partial charge in [-0.25, -0.2) is 23.1 Å². The molecule has 9 nitrogen and oxygen atoms in total. The minimum absolute atomic E-state index is 0.0855. The number of amides is 1. The first-order chi connectivity index (χ1) is 16.5. The average molecular weight is 495 g/mol. The zero-order valence-corrected chi connectivity index (χ0v) is 19.8. The normalized spacial score (nSPS) is 16.8. The average Bonchev–Trinajstić information content (AvgIpc) is 3.24. The Labute approximate surface area is 200 Å². The number of nitrogens with zero attached hydrogens (tertiary/aromatic N) is 5. The van der Waals surface area contributed by atoms with E-state index in [9.17, 15) is 13.2 Å². The molecule has 2 fully saturated rings. The largest absolute Gasteiger partial charge is 0.297 e. The molecule has 1 aliphatic carbocycles. The Bertz CT molecular complexity index is 1490. The number of carbonyl (C=O) groups excluding carboxylic acids is 1. The van der Waals surface area contributed by atoms with Crippen molar-refractivity contribution < 1.29 is 13.2 Å². The molecule has 1 amide bonds. The Balaban J connectivity index is 1.26. The van der Waals surface area contributed by atoms with E-state index in [0.29, 0.717) is 34.4 Å². The van der Waals surface area contributed by atoms with Gasteiger partial charge < -0.3 is 0 Å². The van der Waals surface area contributed by atoms with Crippen molar-refractivity contribution in [3.8, 4) is 5.69 Å². The Kier molecular flexibility index (Phi) is 5.19. The van der Waals surface area contributed by atoms with Gasteiger partial charge in [0.25, 0.3) is 5.91 Å². The lowest BCUT2D eigenvalue weighted by atomic mass is 10.3. The third-order valence-electron chi connectivity index (χ3n) is 6.06. The molecule has 1 N–H and O–H groups in total. The van der Waals surface area contributed by atoms with Crippen LogP contribution in [-0.2, 0) is 10.0 Å². The van der Waals surface area contributed by atoms with Gasteiger partial charge in [-0.1, -0.05) is 29.5 Å². The highest BCUT2D eigenvalue weighted by molar-refractivity contribution is 7.89. The summed E-state index contributed by atoms with van der Waals surface area (Å²) in [5.41, 5.74) is 1.49. The Morgan fingerprint density at radius 1 is 1.03 bits per heavy atom. The number of fused-ring (bicyclic) bond motifs is 1. The predicted molar refractivity (Wildman–Crippen MR) is 129 cm³/mol. The summed E-state index contributed by atoms with van der Waals surface area (Å²) >= 11 is 1.23. The highest BCUT2D eigenvalue weighted by atomic mass is 32.2. The molecule has 0 spiro atoms. The summed E-state index contributed by atoms with van der Waals surface area (Å²) in [6.45, 7) is 1.10. The number of benzene rings is 2. The van der Waals surface area contributed by atoms with Crippen LogP contribution in [0, 0.1) is 0 Å². The van der Waals surface area contributed by atoms with Crippen LogP contribution in [-0.4, -0.2) is 51.5 Å². The summed E-state index contributed by atoms with van der Waals surface area (Å²) in [5.74, 6) is 0.743. The molecule has 2 aliphatic rings. The highest BCUT2D eigenvalue weighted by Crippen LogP contribution is 2.40. The van der Waals surface area contributed by atoms with E-state index in [2.05, 4.69) is 20.4 Å². The number of nitrogens with one attached hydrogen (secondary N) is 1. The number of rotatable bonds is 6. The number of anilines is 1. The van der Waals surface area contributed by atoms with Gasteiger partial charge in [0.1, 0.15) is 5.82 Å². The quantitative estimate of drug-likeness (QED) is 0.437. The summed E-state index contributed by atoms with van der Waals surface area (Å²) < 4.78 is 29.7. The van der Waals surface area contributed by atoms with Crippen molar-refractivity contribution in [1.82, 2.24) is 24.1 Å². The van der Waals surface area contributed by atoms with Crippen molar-refractivity contribution in [2.24, 2.45) is 0 Å². The molecular formula is C23H22N6O3S2. The van der Waals surface area contributed by atoms with Gasteiger partial charge in [-0.3, -0.25) is 10.1 Å². The molecule has 3 heterocycles. The highest BCUT2D eigenvalue weighted by Gasteiger charge is 2.32. The van der Waals surface area contributed by atoms with E-state index in [-0.39, 0.29) is 10.7 Å². The monoisotopic (exact) mass is 494 g/mol. The van der Waals surface area contributed by atoms with Crippen molar-refractivity contribution in [1.29, 1.82) is 0 Å². The lowest BCUT2D eigenvalue weighted by molar-refractivity contribution is 0.101. The van der Waals surface area contributed by atoms with Gasteiger partial charge in [0.05, 0.1) is 20.8 Å². The molecular weight excluding hydrogens is 472 g/mol. The molecule has 1 saturated heterocycles. The second kappa shape index (κ2) is 8.26. The van der Waals surface area contributed by atoms with Gasteiger partial charge in [-0.15, -0.1) is 5.10 Å². The van der Waals surface area contributed by atoms with E-state index in [4.69, 9.17) is 0 Å². The number of carbonyl (C=O) groups is 1. The zero-order chi connectivity index (χ0) is 23.3. The standard InChI is InChI=1S/C23H22N6O3S2/c30-22(20-25-21(15-8-9-15)29(27-20)16-6-2-1-3-7-16)26-23-24-18-11-10-17(14-19(18)33-23)34(31,32)28-12-4-5-13-28/h1-3,6-7,10-11,14-15H,4-5,8-9,12-13H2,(H,24,26,30). The maximum absolute atomic E-state index is 12.9. The summed E-state index contributed by atoms with van der Waals surface area (Å²) in [6.07, 6.45) is 3.84. The number of para-hydroxylation sites is 1. The van der Waals surface area contributed by atoms with E-state index in [1.165, 1.54) is 15.6 Å². The maximum Gasteiger partial charge on any atom is 0.297 e. The van der Waals surface area contributed by atoms with E-state index in [0.717, 1.165) is 37.2 Å². The summed E-state index contributed by atoms with van der Waals surface area (Å²) in [7, 11) is -3.52.